The summed E-state index contributed by atoms with van der Waals surface area (Å²) in [6.07, 6.45) is 5.26. The second-order valence-corrected chi connectivity index (χ2v) is 10.2. The lowest BCUT2D eigenvalue weighted by Crippen LogP contribution is -2.48. The average Bonchev–Trinajstić information content (AvgIpc) is 2.71. The maximum atomic E-state index is 11.7. The highest BCUT2D eigenvalue weighted by Crippen LogP contribution is 2.32. The quantitative estimate of drug-likeness (QED) is 0.505. The molecule has 1 aliphatic carbocycles. The van der Waals surface area contributed by atoms with Crippen molar-refractivity contribution >= 4 is 5.91 Å². The third-order valence-electron chi connectivity index (χ3n) is 5.92. The molecular formula is C26H37N3O3. The minimum atomic E-state index is -0.766. The monoisotopic (exact) mass is 439 g/mol. The number of amides is 1. The van der Waals surface area contributed by atoms with Gasteiger partial charge in [0.05, 0.1) is 18.3 Å². The fourth-order valence-corrected chi connectivity index (χ4v) is 4.50. The predicted octanol–water partition coefficient (Wildman–Crippen LogP) is 3.45. The zero-order chi connectivity index (χ0) is 23.3. The average molecular weight is 440 g/mol. The molecule has 1 aromatic heterocycles. The highest BCUT2D eigenvalue weighted by Gasteiger charge is 2.25. The minimum absolute atomic E-state index is 0.0915. The zero-order valence-corrected chi connectivity index (χ0v) is 19.7. The summed E-state index contributed by atoms with van der Waals surface area (Å²) in [5, 5.41) is 26.8. The maximum Gasteiger partial charge on any atom is 0.217 e. The van der Waals surface area contributed by atoms with E-state index in [9.17, 15) is 15.0 Å². The maximum absolute atomic E-state index is 11.7. The van der Waals surface area contributed by atoms with Gasteiger partial charge in [-0.25, -0.2) is 0 Å². The van der Waals surface area contributed by atoms with E-state index >= 15 is 0 Å². The Morgan fingerprint density at radius 1 is 1.25 bits per heavy atom. The van der Waals surface area contributed by atoms with E-state index in [0.29, 0.717) is 18.7 Å². The first-order valence-electron chi connectivity index (χ1n) is 11.5. The number of aromatic nitrogens is 1. The third kappa shape index (κ3) is 7.04. The summed E-state index contributed by atoms with van der Waals surface area (Å²) in [4.78, 5) is 15.9. The number of aliphatic hydroxyl groups is 1. The Kier molecular flexibility index (Phi) is 7.91. The number of fused-ring (bicyclic) bond motifs is 1. The summed E-state index contributed by atoms with van der Waals surface area (Å²) < 4.78 is 0. The van der Waals surface area contributed by atoms with Crippen LogP contribution in [0.15, 0.2) is 36.5 Å². The van der Waals surface area contributed by atoms with Crippen molar-refractivity contribution in [2.75, 3.05) is 6.54 Å². The molecule has 3 unspecified atom stereocenters. The Labute approximate surface area is 191 Å². The van der Waals surface area contributed by atoms with E-state index in [1.807, 2.05) is 0 Å². The van der Waals surface area contributed by atoms with Crippen LogP contribution in [0, 0.1) is 5.41 Å². The number of nitrogens with zero attached hydrogens (tertiary/aromatic N) is 1. The van der Waals surface area contributed by atoms with Gasteiger partial charge in [0, 0.05) is 31.6 Å². The van der Waals surface area contributed by atoms with Crippen LogP contribution in [0.5, 0.6) is 5.75 Å². The summed E-state index contributed by atoms with van der Waals surface area (Å²) >= 11 is 0. The molecule has 4 N–H and O–H groups in total. The van der Waals surface area contributed by atoms with Crippen LogP contribution >= 0.6 is 0 Å². The third-order valence-corrected chi connectivity index (χ3v) is 5.92. The topological polar surface area (TPSA) is 94.5 Å². The van der Waals surface area contributed by atoms with Crippen molar-refractivity contribution in [2.45, 2.75) is 78.0 Å². The molecule has 1 aromatic carbocycles. The van der Waals surface area contributed by atoms with Crippen LogP contribution < -0.4 is 10.6 Å². The molecule has 0 spiro atoms. The summed E-state index contributed by atoms with van der Waals surface area (Å²) in [6.45, 7) is 8.58. The first-order chi connectivity index (χ1) is 15.1. The van der Waals surface area contributed by atoms with Gasteiger partial charge in [-0.3, -0.25) is 9.78 Å². The van der Waals surface area contributed by atoms with Gasteiger partial charge < -0.3 is 20.8 Å². The van der Waals surface area contributed by atoms with E-state index in [2.05, 4.69) is 54.6 Å². The van der Waals surface area contributed by atoms with E-state index in [0.717, 1.165) is 25.7 Å². The number of rotatable bonds is 8. The molecule has 174 valence electrons. The van der Waals surface area contributed by atoms with Crippen LogP contribution in [0.25, 0.3) is 0 Å². The molecule has 1 aliphatic rings. The van der Waals surface area contributed by atoms with Gasteiger partial charge in [0.1, 0.15) is 5.75 Å². The van der Waals surface area contributed by atoms with Crippen molar-refractivity contribution in [1.29, 1.82) is 0 Å². The van der Waals surface area contributed by atoms with Gasteiger partial charge in [-0.15, -0.1) is 0 Å². The van der Waals surface area contributed by atoms with Crippen LogP contribution in [0.4, 0.5) is 0 Å². The minimum Gasteiger partial charge on any atom is -0.506 e. The zero-order valence-electron chi connectivity index (χ0n) is 19.7. The number of aliphatic hydroxyl groups excluding tert-OH is 1. The van der Waals surface area contributed by atoms with Crippen molar-refractivity contribution in [3.05, 3.63) is 58.9 Å². The SMILES string of the molecule is CC(=O)NC(Cc1ccc(O)cn1)C(O)CNC1CCCc2ccc(CC(C)(C)C)cc21. The van der Waals surface area contributed by atoms with Gasteiger partial charge in [-0.2, -0.15) is 0 Å². The number of pyridine rings is 1. The van der Waals surface area contributed by atoms with Crippen LogP contribution in [-0.4, -0.2) is 39.8 Å². The van der Waals surface area contributed by atoms with E-state index in [-0.39, 0.29) is 23.1 Å². The van der Waals surface area contributed by atoms with Gasteiger partial charge >= 0.3 is 0 Å². The van der Waals surface area contributed by atoms with Gasteiger partial charge in [0.2, 0.25) is 5.91 Å². The Morgan fingerprint density at radius 3 is 2.69 bits per heavy atom. The lowest BCUT2D eigenvalue weighted by Gasteiger charge is -2.30. The molecule has 1 heterocycles. The summed E-state index contributed by atoms with van der Waals surface area (Å²) in [7, 11) is 0. The molecular weight excluding hydrogens is 402 g/mol. The lowest BCUT2D eigenvalue weighted by molar-refractivity contribution is -0.120. The van der Waals surface area contributed by atoms with Crippen LogP contribution in [0.2, 0.25) is 0 Å². The number of carbonyl (C=O) groups is 1. The van der Waals surface area contributed by atoms with Crippen molar-refractivity contribution < 1.29 is 15.0 Å². The van der Waals surface area contributed by atoms with Crippen LogP contribution in [0.3, 0.4) is 0 Å². The highest BCUT2D eigenvalue weighted by atomic mass is 16.3. The van der Waals surface area contributed by atoms with E-state index in [1.54, 1.807) is 12.1 Å². The first-order valence-corrected chi connectivity index (χ1v) is 11.5. The molecule has 0 saturated carbocycles. The molecule has 0 fully saturated rings. The normalized spacial score (nSPS) is 18.0. The van der Waals surface area contributed by atoms with Crippen LogP contribution in [-0.2, 0) is 24.1 Å². The summed E-state index contributed by atoms with van der Waals surface area (Å²) in [6, 6.07) is 9.83. The smallest absolute Gasteiger partial charge is 0.217 e. The van der Waals surface area contributed by atoms with E-state index in [1.165, 1.54) is 29.8 Å². The molecule has 32 heavy (non-hydrogen) atoms. The molecule has 0 bridgehead atoms. The molecule has 0 radical (unpaired) electrons. The molecule has 6 nitrogen and oxygen atoms in total. The van der Waals surface area contributed by atoms with Crippen molar-refractivity contribution in [1.82, 2.24) is 15.6 Å². The number of nitrogens with one attached hydrogen (secondary N) is 2. The summed E-state index contributed by atoms with van der Waals surface area (Å²) in [5.41, 5.74) is 5.00. The Bertz CT molecular complexity index is 906. The predicted molar refractivity (Wildman–Crippen MR) is 127 cm³/mol. The Morgan fingerprint density at radius 2 is 2.03 bits per heavy atom. The van der Waals surface area contributed by atoms with E-state index in [4.69, 9.17) is 0 Å². The number of aromatic hydroxyl groups is 1. The Balaban J connectivity index is 1.68. The molecule has 2 aromatic rings. The van der Waals surface area contributed by atoms with E-state index < -0.39 is 12.1 Å². The van der Waals surface area contributed by atoms with Crippen molar-refractivity contribution in [2.24, 2.45) is 5.41 Å². The summed E-state index contributed by atoms with van der Waals surface area (Å²) in [5.74, 6) is -0.100. The molecule has 0 aliphatic heterocycles. The highest BCUT2D eigenvalue weighted by molar-refractivity contribution is 5.73. The van der Waals surface area contributed by atoms with Gasteiger partial charge in [-0.05, 0) is 59.9 Å². The fourth-order valence-electron chi connectivity index (χ4n) is 4.50. The van der Waals surface area contributed by atoms with Gasteiger partial charge in [0.25, 0.3) is 0 Å². The number of aryl methyl sites for hydroxylation is 1. The largest absolute Gasteiger partial charge is 0.506 e. The first kappa shape index (κ1) is 24.2. The molecule has 6 heteroatoms. The Hall–Kier alpha value is -2.44. The van der Waals surface area contributed by atoms with Crippen molar-refractivity contribution in [3.8, 4) is 5.75 Å². The van der Waals surface area contributed by atoms with Crippen molar-refractivity contribution in [3.63, 3.8) is 0 Å². The molecule has 3 rings (SSSR count). The number of hydrogen-bond acceptors (Lipinski definition) is 5. The molecule has 0 saturated heterocycles. The fraction of sp³-hybridized carbons (Fsp3) is 0.538. The number of benzene rings is 1. The standard InChI is InChI=1S/C26H37N3O3/c1-17(30)29-24(13-20-10-11-21(31)15-27-20)25(32)16-28-23-7-5-6-19-9-8-18(12-22(19)23)14-26(2,3)4/h8-12,15,23-25,28,31-32H,5-7,13-14,16H2,1-4H3,(H,29,30). The number of carbonyl (C=O) groups excluding carboxylic acids is 1. The lowest BCUT2D eigenvalue weighted by atomic mass is 9.82. The second-order valence-electron chi connectivity index (χ2n) is 10.2. The van der Waals surface area contributed by atoms with Gasteiger partial charge in [-0.1, -0.05) is 39.0 Å². The number of hydrogen-bond donors (Lipinski definition) is 4. The molecule has 1 amide bonds. The van der Waals surface area contributed by atoms with Gasteiger partial charge in [0.15, 0.2) is 0 Å². The van der Waals surface area contributed by atoms with Crippen LogP contribution in [0.1, 0.15) is 69.0 Å². The second kappa shape index (κ2) is 10.5. The molecule has 3 atom stereocenters.